The Bertz CT molecular complexity index is 792. The standard InChI is InChI=1S/C18H16ClN3S/c1-2-13-3-5-14(6-4-13)11-20-22-18-21-17(12-23-18)15-7-9-16(19)10-8-15/h3-12H,2H2,1H3,(H,21,22)/b20-11-. The number of benzene rings is 2. The minimum absolute atomic E-state index is 0.723. The van der Waals surface area contributed by atoms with Crippen LogP contribution in [0.3, 0.4) is 0 Å². The minimum atomic E-state index is 0.723. The van der Waals surface area contributed by atoms with E-state index in [0.717, 1.165) is 33.4 Å². The van der Waals surface area contributed by atoms with E-state index in [0.29, 0.717) is 0 Å². The number of aromatic nitrogens is 1. The lowest BCUT2D eigenvalue weighted by molar-refractivity contribution is 1.14. The third-order valence-electron chi connectivity index (χ3n) is 3.41. The van der Waals surface area contributed by atoms with E-state index < -0.39 is 0 Å². The summed E-state index contributed by atoms with van der Waals surface area (Å²) in [7, 11) is 0. The summed E-state index contributed by atoms with van der Waals surface area (Å²) in [5, 5.41) is 7.72. The lowest BCUT2D eigenvalue weighted by Crippen LogP contribution is -1.90. The van der Waals surface area contributed by atoms with Crippen molar-refractivity contribution < 1.29 is 0 Å². The predicted molar refractivity (Wildman–Crippen MR) is 99.6 cm³/mol. The first-order valence-corrected chi connectivity index (χ1v) is 8.60. The highest BCUT2D eigenvalue weighted by molar-refractivity contribution is 7.14. The fraction of sp³-hybridized carbons (Fsp3) is 0.111. The van der Waals surface area contributed by atoms with Crippen molar-refractivity contribution in [1.29, 1.82) is 0 Å². The number of rotatable bonds is 5. The van der Waals surface area contributed by atoms with Gasteiger partial charge in [-0.2, -0.15) is 5.10 Å². The van der Waals surface area contributed by atoms with Crippen LogP contribution in [0.4, 0.5) is 5.13 Å². The molecule has 1 heterocycles. The molecule has 0 amide bonds. The summed E-state index contributed by atoms with van der Waals surface area (Å²) in [5.41, 5.74) is 7.31. The summed E-state index contributed by atoms with van der Waals surface area (Å²) >= 11 is 7.42. The molecule has 0 atom stereocenters. The smallest absolute Gasteiger partial charge is 0.203 e. The molecule has 3 nitrogen and oxygen atoms in total. The summed E-state index contributed by atoms with van der Waals surface area (Å²) in [6.45, 7) is 2.14. The lowest BCUT2D eigenvalue weighted by Gasteiger charge is -1.98. The third-order valence-corrected chi connectivity index (χ3v) is 4.40. The number of hydrazone groups is 1. The normalized spacial score (nSPS) is 11.0. The highest BCUT2D eigenvalue weighted by Crippen LogP contribution is 2.25. The van der Waals surface area contributed by atoms with Gasteiger partial charge in [0, 0.05) is 16.0 Å². The molecule has 0 aliphatic rings. The van der Waals surface area contributed by atoms with Crippen molar-refractivity contribution in [3.63, 3.8) is 0 Å². The summed E-state index contributed by atoms with van der Waals surface area (Å²) in [5.74, 6) is 0. The first-order chi connectivity index (χ1) is 11.2. The molecule has 0 aliphatic heterocycles. The first kappa shape index (κ1) is 15.7. The van der Waals surface area contributed by atoms with Gasteiger partial charge in [-0.15, -0.1) is 11.3 Å². The van der Waals surface area contributed by atoms with E-state index in [1.807, 2.05) is 29.6 Å². The Balaban J connectivity index is 1.64. The molecule has 0 radical (unpaired) electrons. The molecular weight excluding hydrogens is 326 g/mol. The highest BCUT2D eigenvalue weighted by Gasteiger charge is 2.03. The van der Waals surface area contributed by atoms with Crippen LogP contribution in [0, 0.1) is 0 Å². The number of nitrogens with zero attached hydrogens (tertiary/aromatic N) is 2. The Morgan fingerprint density at radius 2 is 1.87 bits per heavy atom. The zero-order valence-electron chi connectivity index (χ0n) is 12.7. The van der Waals surface area contributed by atoms with Crippen LogP contribution in [0.5, 0.6) is 0 Å². The van der Waals surface area contributed by atoms with Crippen LogP contribution < -0.4 is 5.43 Å². The van der Waals surface area contributed by atoms with E-state index in [9.17, 15) is 0 Å². The van der Waals surface area contributed by atoms with E-state index >= 15 is 0 Å². The fourth-order valence-corrected chi connectivity index (χ4v) is 2.87. The van der Waals surface area contributed by atoms with Crippen LogP contribution in [-0.4, -0.2) is 11.2 Å². The molecule has 0 fully saturated rings. The molecule has 3 rings (SSSR count). The summed E-state index contributed by atoms with van der Waals surface area (Å²) in [6.07, 6.45) is 2.84. The SMILES string of the molecule is CCc1ccc(/C=N\Nc2nc(-c3ccc(Cl)cc3)cs2)cc1. The van der Waals surface area contributed by atoms with Crippen molar-refractivity contribution in [1.82, 2.24) is 4.98 Å². The van der Waals surface area contributed by atoms with Gasteiger partial charge in [0.25, 0.3) is 0 Å². The van der Waals surface area contributed by atoms with E-state index in [2.05, 4.69) is 46.7 Å². The van der Waals surface area contributed by atoms with Gasteiger partial charge in [-0.3, -0.25) is 5.43 Å². The molecule has 1 N–H and O–H groups in total. The van der Waals surface area contributed by atoms with Crippen molar-refractivity contribution in [3.05, 3.63) is 70.1 Å². The van der Waals surface area contributed by atoms with Crippen LogP contribution in [0.25, 0.3) is 11.3 Å². The largest absolute Gasteiger partial charge is 0.253 e. The van der Waals surface area contributed by atoms with Gasteiger partial charge in [0.15, 0.2) is 0 Å². The average Bonchev–Trinajstić information content (AvgIpc) is 3.05. The molecule has 0 unspecified atom stereocenters. The maximum Gasteiger partial charge on any atom is 0.203 e. The number of hydrogen-bond donors (Lipinski definition) is 1. The monoisotopic (exact) mass is 341 g/mol. The van der Waals surface area contributed by atoms with Crippen molar-refractivity contribution in [2.75, 3.05) is 5.43 Å². The van der Waals surface area contributed by atoms with Gasteiger partial charge in [0.05, 0.1) is 11.9 Å². The fourth-order valence-electron chi connectivity index (χ4n) is 2.08. The third kappa shape index (κ3) is 4.18. The highest BCUT2D eigenvalue weighted by atomic mass is 35.5. The number of halogens is 1. The zero-order chi connectivity index (χ0) is 16.1. The quantitative estimate of drug-likeness (QED) is 0.493. The van der Waals surface area contributed by atoms with Gasteiger partial charge in [-0.25, -0.2) is 4.98 Å². The van der Waals surface area contributed by atoms with Crippen LogP contribution in [0.1, 0.15) is 18.1 Å². The van der Waals surface area contributed by atoms with Gasteiger partial charge in [-0.05, 0) is 29.7 Å². The Morgan fingerprint density at radius 3 is 2.57 bits per heavy atom. The maximum absolute atomic E-state index is 5.90. The van der Waals surface area contributed by atoms with Crippen molar-refractivity contribution in [2.45, 2.75) is 13.3 Å². The molecule has 0 saturated heterocycles. The number of aryl methyl sites for hydroxylation is 1. The molecule has 2 aromatic carbocycles. The van der Waals surface area contributed by atoms with E-state index in [1.54, 1.807) is 6.21 Å². The van der Waals surface area contributed by atoms with Gasteiger partial charge < -0.3 is 0 Å². The van der Waals surface area contributed by atoms with Gasteiger partial charge in [0.2, 0.25) is 5.13 Å². The van der Waals surface area contributed by atoms with Crippen LogP contribution in [-0.2, 0) is 6.42 Å². The Labute approximate surface area is 144 Å². The maximum atomic E-state index is 5.90. The number of anilines is 1. The first-order valence-electron chi connectivity index (χ1n) is 7.34. The van der Waals surface area contributed by atoms with Gasteiger partial charge in [0.1, 0.15) is 0 Å². The van der Waals surface area contributed by atoms with Crippen molar-refractivity contribution in [3.8, 4) is 11.3 Å². The lowest BCUT2D eigenvalue weighted by atomic mass is 10.1. The van der Waals surface area contributed by atoms with Crippen LogP contribution in [0.15, 0.2) is 59.0 Å². The summed E-state index contributed by atoms with van der Waals surface area (Å²) in [4.78, 5) is 4.52. The molecule has 1 aromatic heterocycles. The van der Waals surface area contributed by atoms with E-state index in [-0.39, 0.29) is 0 Å². The molecular formula is C18H16ClN3S. The average molecular weight is 342 g/mol. The summed E-state index contributed by atoms with van der Waals surface area (Å²) < 4.78 is 0. The second-order valence-corrected chi connectivity index (χ2v) is 6.30. The van der Waals surface area contributed by atoms with Crippen molar-refractivity contribution >= 4 is 34.3 Å². The van der Waals surface area contributed by atoms with E-state index in [4.69, 9.17) is 11.6 Å². The predicted octanol–water partition coefficient (Wildman–Crippen LogP) is 5.47. The molecule has 0 aliphatic carbocycles. The molecule has 116 valence electrons. The molecule has 0 saturated carbocycles. The topological polar surface area (TPSA) is 37.3 Å². The van der Waals surface area contributed by atoms with Crippen LogP contribution >= 0.6 is 22.9 Å². The Kier molecular flexibility index (Phi) is 5.05. The number of thiazole rings is 1. The second-order valence-electron chi connectivity index (χ2n) is 5.01. The van der Waals surface area contributed by atoms with Gasteiger partial charge in [-0.1, -0.05) is 54.9 Å². The molecule has 0 spiro atoms. The Hall–Kier alpha value is -2.17. The molecule has 23 heavy (non-hydrogen) atoms. The Morgan fingerprint density at radius 1 is 1.13 bits per heavy atom. The minimum Gasteiger partial charge on any atom is -0.253 e. The molecule has 3 aromatic rings. The summed E-state index contributed by atoms with van der Waals surface area (Å²) in [6, 6.07) is 16.0. The van der Waals surface area contributed by atoms with Crippen LogP contribution in [0.2, 0.25) is 5.02 Å². The van der Waals surface area contributed by atoms with Crippen molar-refractivity contribution in [2.24, 2.45) is 5.10 Å². The van der Waals surface area contributed by atoms with Gasteiger partial charge >= 0.3 is 0 Å². The zero-order valence-corrected chi connectivity index (χ0v) is 14.2. The second kappa shape index (κ2) is 7.40. The molecule has 0 bridgehead atoms. The van der Waals surface area contributed by atoms with E-state index in [1.165, 1.54) is 16.9 Å². The number of nitrogens with one attached hydrogen (secondary N) is 1. The molecule has 5 heteroatoms. The number of hydrogen-bond acceptors (Lipinski definition) is 4.